The molecule has 0 bridgehead atoms. The van der Waals surface area contributed by atoms with Crippen LogP contribution in [0.5, 0.6) is 0 Å². The van der Waals surface area contributed by atoms with Gasteiger partial charge in [-0.3, -0.25) is 4.79 Å². The van der Waals surface area contributed by atoms with Crippen molar-refractivity contribution in [2.45, 2.75) is 49.7 Å². The first-order chi connectivity index (χ1) is 13.3. The van der Waals surface area contributed by atoms with Gasteiger partial charge >= 0.3 is 0 Å². The molecule has 142 valence electrons. The van der Waals surface area contributed by atoms with Gasteiger partial charge < -0.3 is 9.88 Å². The Morgan fingerprint density at radius 1 is 1.30 bits per heavy atom. The Morgan fingerprint density at radius 2 is 2.11 bits per heavy atom. The van der Waals surface area contributed by atoms with E-state index in [1.54, 1.807) is 23.1 Å². The van der Waals surface area contributed by atoms with Crippen molar-refractivity contribution in [3.63, 3.8) is 0 Å². The molecule has 5 nitrogen and oxygen atoms in total. The number of thioether (sulfide) groups is 1. The van der Waals surface area contributed by atoms with E-state index >= 15 is 0 Å². The molecule has 1 N–H and O–H groups in total. The summed E-state index contributed by atoms with van der Waals surface area (Å²) in [4.78, 5) is 13.2. The molecule has 0 spiro atoms. The minimum absolute atomic E-state index is 0.0123. The zero-order valence-corrected chi connectivity index (χ0v) is 17.1. The Kier molecular flexibility index (Phi) is 5.78. The highest BCUT2D eigenvalue weighted by Crippen LogP contribution is 2.33. The van der Waals surface area contributed by atoms with Crippen molar-refractivity contribution in [3.05, 3.63) is 41.0 Å². The van der Waals surface area contributed by atoms with Crippen LogP contribution in [-0.2, 0) is 6.42 Å². The standard InChI is InChI=1S/C20H24N4OS2/c1-26-20-23-22-18(24(20)15-8-3-4-9-15)11-6-12-21-19(25)17-13-14-7-2-5-10-16(14)27-17/h2,5,7,10,13,15H,3-4,6,8-9,11-12H2,1H3,(H,21,25). The molecule has 1 aromatic carbocycles. The van der Waals surface area contributed by atoms with Gasteiger partial charge in [0.15, 0.2) is 5.16 Å². The number of hydrogen-bond acceptors (Lipinski definition) is 5. The van der Waals surface area contributed by atoms with Crippen LogP contribution >= 0.6 is 23.1 Å². The molecule has 2 aromatic heterocycles. The quantitative estimate of drug-likeness (QED) is 0.462. The number of hydrogen-bond donors (Lipinski definition) is 1. The Labute approximate surface area is 167 Å². The summed E-state index contributed by atoms with van der Waals surface area (Å²) in [6.45, 7) is 0.652. The van der Waals surface area contributed by atoms with Crippen molar-refractivity contribution in [1.82, 2.24) is 20.1 Å². The Morgan fingerprint density at radius 3 is 2.89 bits per heavy atom. The Balaban J connectivity index is 1.33. The highest BCUT2D eigenvalue weighted by atomic mass is 32.2. The molecule has 1 aliphatic carbocycles. The van der Waals surface area contributed by atoms with Crippen molar-refractivity contribution >= 4 is 39.1 Å². The molecule has 7 heteroatoms. The third-order valence-corrected chi connectivity index (χ3v) is 6.88. The van der Waals surface area contributed by atoms with Crippen molar-refractivity contribution < 1.29 is 4.79 Å². The molecule has 4 rings (SSSR count). The highest BCUT2D eigenvalue weighted by Gasteiger charge is 2.23. The molecule has 0 saturated heterocycles. The molecule has 0 aliphatic heterocycles. The zero-order chi connectivity index (χ0) is 18.6. The van der Waals surface area contributed by atoms with E-state index in [1.807, 2.05) is 24.3 Å². The lowest BCUT2D eigenvalue weighted by molar-refractivity contribution is 0.0957. The maximum Gasteiger partial charge on any atom is 0.261 e. The number of carbonyl (C=O) groups excluding carboxylic acids is 1. The topological polar surface area (TPSA) is 59.8 Å². The third kappa shape index (κ3) is 4.04. The van der Waals surface area contributed by atoms with Crippen LogP contribution in [0.1, 0.15) is 53.6 Å². The second-order valence-corrected chi connectivity index (χ2v) is 8.78. The summed E-state index contributed by atoms with van der Waals surface area (Å²) in [5.74, 6) is 1.07. The van der Waals surface area contributed by atoms with E-state index in [1.165, 1.54) is 25.7 Å². The minimum Gasteiger partial charge on any atom is -0.351 e. The van der Waals surface area contributed by atoms with Crippen molar-refractivity contribution in [1.29, 1.82) is 0 Å². The molecular formula is C20H24N4OS2. The fourth-order valence-electron chi connectivity index (χ4n) is 3.78. The number of thiophene rings is 1. The van der Waals surface area contributed by atoms with Gasteiger partial charge in [-0.05, 0) is 43.0 Å². The Bertz CT molecular complexity index is 894. The van der Waals surface area contributed by atoms with Crippen LogP contribution in [-0.4, -0.2) is 33.5 Å². The van der Waals surface area contributed by atoms with Crippen LogP contribution in [0, 0.1) is 0 Å². The molecule has 3 aromatic rings. The SMILES string of the molecule is CSc1nnc(CCCNC(=O)c2cc3ccccc3s2)n1C1CCCC1. The van der Waals surface area contributed by atoms with Crippen molar-refractivity contribution in [2.24, 2.45) is 0 Å². The van der Waals surface area contributed by atoms with Gasteiger partial charge in [0, 0.05) is 23.7 Å². The number of rotatable bonds is 7. The first-order valence-corrected chi connectivity index (χ1v) is 11.5. The lowest BCUT2D eigenvalue weighted by Crippen LogP contribution is -2.24. The van der Waals surface area contributed by atoms with Gasteiger partial charge in [-0.15, -0.1) is 21.5 Å². The smallest absolute Gasteiger partial charge is 0.261 e. The predicted octanol–water partition coefficient (Wildman–Crippen LogP) is 4.69. The van der Waals surface area contributed by atoms with E-state index in [0.717, 1.165) is 38.8 Å². The second-order valence-electron chi connectivity index (χ2n) is 6.92. The number of carbonyl (C=O) groups is 1. The lowest BCUT2D eigenvalue weighted by atomic mass is 10.2. The summed E-state index contributed by atoms with van der Waals surface area (Å²) in [6.07, 6.45) is 8.81. The van der Waals surface area contributed by atoms with E-state index in [-0.39, 0.29) is 5.91 Å². The molecule has 0 atom stereocenters. The summed E-state index contributed by atoms with van der Waals surface area (Å²) < 4.78 is 3.49. The fourth-order valence-corrected chi connectivity index (χ4v) is 5.33. The van der Waals surface area contributed by atoms with Gasteiger partial charge in [-0.1, -0.05) is 42.8 Å². The monoisotopic (exact) mass is 400 g/mol. The summed E-state index contributed by atoms with van der Waals surface area (Å²) in [7, 11) is 0. The lowest BCUT2D eigenvalue weighted by Gasteiger charge is -2.16. The van der Waals surface area contributed by atoms with Crippen LogP contribution in [0.2, 0.25) is 0 Å². The van der Waals surface area contributed by atoms with E-state index < -0.39 is 0 Å². The van der Waals surface area contributed by atoms with Gasteiger partial charge in [0.2, 0.25) is 0 Å². The molecule has 0 radical (unpaired) electrons. The molecule has 1 fully saturated rings. The first-order valence-electron chi connectivity index (χ1n) is 9.51. The third-order valence-electron chi connectivity index (χ3n) is 5.12. The highest BCUT2D eigenvalue weighted by molar-refractivity contribution is 7.98. The van der Waals surface area contributed by atoms with Crippen LogP contribution in [0.4, 0.5) is 0 Å². The molecule has 2 heterocycles. The van der Waals surface area contributed by atoms with Crippen LogP contribution in [0.25, 0.3) is 10.1 Å². The van der Waals surface area contributed by atoms with Gasteiger partial charge in [0.25, 0.3) is 5.91 Å². The zero-order valence-electron chi connectivity index (χ0n) is 15.5. The summed E-state index contributed by atoms with van der Waals surface area (Å²) in [5.41, 5.74) is 0. The predicted molar refractivity (Wildman–Crippen MR) is 112 cm³/mol. The maximum absolute atomic E-state index is 12.4. The molecule has 27 heavy (non-hydrogen) atoms. The second kappa shape index (κ2) is 8.44. The van der Waals surface area contributed by atoms with Crippen molar-refractivity contribution in [3.8, 4) is 0 Å². The van der Waals surface area contributed by atoms with Crippen LogP contribution in [0.15, 0.2) is 35.5 Å². The maximum atomic E-state index is 12.4. The minimum atomic E-state index is 0.0123. The van der Waals surface area contributed by atoms with Crippen molar-refractivity contribution in [2.75, 3.05) is 12.8 Å². The van der Waals surface area contributed by atoms with E-state index in [0.29, 0.717) is 12.6 Å². The summed E-state index contributed by atoms with van der Waals surface area (Å²) in [5, 5.41) is 14.0. The van der Waals surface area contributed by atoms with Gasteiger partial charge in [0.05, 0.1) is 4.88 Å². The average Bonchev–Trinajstić information content (AvgIpc) is 3.43. The van der Waals surface area contributed by atoms with E-state index in [9.17, 15) is 4.79 Å². The summed E-state index contributed by atoms with van der Waals surface area (Å²) >= 11 is 3.21. The molecule has 1 amide bonds. The number of nitrogens with zero attached hydrogens (tertiary/aromatic N) is 3. The van der Waals surface area contributed by atoms with Gasteiger partial charge in [-0.2, -0.15) is 0 Å². The number of benzene rings is 1. The molecule has 1 saturated carbocycles. The first kappa shape index (κ1) is 18.5. The van der Waals surface area contributed by atoms with Crippen LogP contribution in [0.3, 0.4) is 0 Å². The van der Waals surface area contributed by atoms with E-state index in [4.69, 9.17) is 0 Å². The number of nitrogens with one attached hydrogen (secondary N) is 1. The number of amides is 1. The Hall–Kier alpha value is -1.86. The van der Waals surface area contributed by atoms with Gasteiger partial charge in [-0.25, -0.2) is 0 Å². The summed E-state index contributed by atoms with van der Waals surface area (Å²) in [6, 6.07) is 10.6. The molecule has 0 unspecified atom stereocenters. The number of fused-ring (bicyclic) bond motifs is 1. The van der Waals surface area contributed by atoms with Gasteiger partial charge in [0.1, 0.15) is 5.82 Å². The number of aromatic nitrogens is 3. The normalized spacial score (nSPS) is 14.9. The number of aryl methyl sites for hydroxylation is 1. The average molecular weight is 401 g/mol. The fraction of sp³-hybridized carbons (Fsp3) is 0.450. The molecular weight excluding hydrogens is 376 g/mol. The molecule has 1 aliphatic rings. The van der Waals surface area contributed by atoms with E-state index in [2.05, 4.69) is 32.4 Å². The van der Waals surface area contributed by atoms with Crippen LogP contribution < -0.4 is 5.32 Å². The largest absolute Gasteiger partial charge is 0.351 e.